The Kier molecular flexibility index (Phi) is 2.32. The number of para-hydroxylation sites is 1. The Labute approximate surface area is 119 Å². The Bertz CT molecular complexity index is 862. The average Bonchev–Trinajstić information content (AvgIpc) is 3.01. The van der Waals surface area contributed by atoms with Crippen molar-refractivity contribution in [3.05, 3.63) is 41.3 Å². The molecule has 3 aromatic rings. The van der Waals surface area contributed by atoms with E-state index in [-0.39, 0.29) is 5.91 Å². The number of thioether (sulfide) groups is 1. The molecule has 1 aliphatic rings. The predicted molar refractivity (Wildman–Crippen MR) is 77.3 cm³/mol. The van der Waals surface area contributed by atoms with E-state index in [4.69, 9.17) is 0 Å². The molecular weight excluding hydrogens is 272 g/mol. The van der Waals surface area contributed by atoms with Crippen LogP contribution in [0, 0.1) is 0 Å². The van der Waals surface area contributed by atoms with E-state index in [0.29, 0.717) is 11.6 Å². The highest BCUT2D eigenvalue weighted by Gasteiger charge is 2.31. The van der Waals surface area contributed by atoms with Gasteiger partial charge >= 0.3 is 0 Å². The molecule has 6 heteroatoms. The molecule has 0 radical (unpaired) electrons. The number of carbonyl (C=O) groups is 1. The summed E-state index contributed by atoms with van der Waals surface area (Å²) < 4.78 is 3.39. The second-order valence-electron chi connectivity index (χ2n) is 4.81. The molecule has 2 aromatic heterocycles. The monoisotopic (exact) mass is 284 g/mol. The highest BCUT2D eigenvalue weighted by molar-refractivity contribution is 7.98. The highest BCUT2D eigenvalue weighted by atomic mass is 32.2. The fourth-order valence-corrected chi connectivity index (χ4v) is 3.23. The molecule has 0 amide bonds. The first-order chi connectivity index (χ1) is 9.70. The fourth-order valence-electron chi connectivity index (χ4n) is 2.87. The molecule has 0 saturated carbocycles. The van der Waals surface area contributed by atoms with Gasteiger partial charge in [0.25, 0.3) is 5.91 Å². The van der Waals surface area contributed by atoms with Gasteiger partial charge in [-0.25, -0.2) is 4.98 Å². The maximum absolute atomic E-state index is 12.7. The van der Waals surface area contributed by atoms with Crippen molar-refractivity contribution in [2.45, 2.75) is 11.6 Å². The predicted octanol–water partition coefficient (Wildman–Crippen LogP) is 2.08. The molecule has 20 heavy (non-hydrogen) atoms. The normalized spacial score (nSPS) is 13.6. The van der Waals surface area contributed by atoms with Gasteiger partial charge in [-0.15, -0.1) is 5.10 Å². The van der Waals surface area contributed by atoms with E-state index in [1.54, 1.807) is 0 Å². The van der Waals surface area contributed by atoms with Crippen LogP contribution in [-0.2, 0) is 13.5 Å². The van der Waals surface area contributed by atoms with Crippen LogP contribution in [0.4, 0.5) is 0 Å². The fraction of sp³-hybridized carbons (Fsp3) is 0.214. The lowest BCUT2D eigenvalue weighted by Gasteiger charge is -2.13. The van der Waals surface area contributed by atoms with E-state index in [1.807, 2.05) is 36.1 Å². The average molecular weight is 284 g/mol. The summed E-state index contributed by atoms with van der Waals surface area (Å²) in [7, 11) is 1.93. The van der Waals surface area contributed by atoms with Crippen LogP contribution in [-0.4, -0.2) is 31.5 Å². The van der Waals surface area contributed by atoms with Crippen molar-refractivity contribution in [3.63, 3.8) is 0 Å². The lowest BCUT2D eigenvalue weighted by molar-refractivity contribution is 0.0926. The quantitative estimate of drug-likeness (QED) is 0.502. The van der Waals surface area contributed by atoms with Gasteiger partial charge in [-0.2, -0.15) is 4.68 Å². The summed E-state index contributed by atoms with van der Waals surface area (Å²) in [6.45, 7) is 0. The second-order valence-corrected chi connectivity index (χ2v) is 5.59. The number of fused-ring (bicyclic) bond motifs is 4. The molecule has 0 saturated heterocycles. The van der Waals surface area contributed by atoms with Gasteiger partial charge in [0.1, 0.15) is 11.5 Å². The largest absolute Gasteiger partial charge is 0.339 e. The van der Waals surface area contributed by atoms with Crippen LogP contribution < -0.4 is 0 Å². The smallest absolute Gasteiger partial charge is 0.296 e. The molecule has 5 nitrogen and oxygen atoms in total. The third-order valence-electron chi connectivity index (χ3n) is 3.78. The van der Waals surface area contributed by atoms with Crippen LogP contribution in [0.1, 0.15) is 21.9 Å². The van der Waals surface area contributed by atoms with Crippen molar-refractivity contribution >= 4 is 28.6 Å². The molecule has 3 heterocycles. The van der Waals surface area contributed by atoms with Gasteiger partial charge in [0, 0.05) is 24.4 Å². The molecule has 0 aliphatic carbocycles. The van der Waals surface area contributed by atoms with Crippen molar-refractivity contribution in [2.24, 2.45) is 7.05 Å². The zero-order valence-electron chi connectivity index (χ0n) is 11.1. The summed E-state index contributed by atoms with van der Waals surface area (Å²) in [6.07, 6.45) is 2.56. The zero-order chi connectivity index (χ0) is 13.9. The van der Waals surface area contributed by atoms with Gasteiger partial charge in [0.2, 0.25) is 5.16 Å². The Morgan fingerprint density at radius 1 is 1.30 bits per heavy atom. The maximum atomic E-state index is 12.7. The van der Waals surface area contributed by atoms with Crippen molar-refractivity contribution in [1.29, 1.82) is 0 Å². The number of nitrogens with zero attached hydrogens (tertiary/aromatic N) is 4. The summed E-state index contributed by atoms with van der Waals surface area (Å²) in [6, 6.07) is 8.08. The van der Waals surface area contributed by atoms with Crippen molar-refractivity contribution in [3.8, 4) is 0 Å². The van der Waals surface area contributed by atoms with Crippen molar-refractivity contribution < 1.29 is 4.79 Å². The Morgan fingerprint density at radius 3 is 2.90 bits per heavy atom. The van der Waals surface area contributed by atoms with Gasteiger partial charge < -0.3 is 4.57 Å². The van der Waals surface area contributed by atoms with E-state index in [1.165, 1.54) is 16.4 Å². The van der Waals surface area contributed by atoms with E-state index >= 15 is 0 Å². The lowest BCUT2D eigenvalue weighted by atomic mass is 10.0. The number of hydrogen-bond donors (Lipinski definition) is 0. The summed E-state index contributed by atoms with van der Waals surface area (Å²) in [5.41, 5.74) is 2.85. The Hall–Kier alpha value is -2.08. The molecule has 0 unspecified atom stereocenters. The molecule has 0 N–H and O–H groups in total. The van der Waals surface area contributed by atoms with Crippen LogP contribution in [0.5, 0.6) is 0 Å². The number of aromatic nitrogens is 4. The van der Waals surface area contributed by atoms with Gasteiger partial charge in [0.05, 0.1) is 0 Å². The molecule has 4 rings (SSSR count). The Morgan fingerprint density at radius 2 is 2.10 bits per heavy atom. The summed E-state index contributed by atoms with van der Waals surface area (Å²) in [4.78, 5) is 17.1. The minimum Gasteiger partial charge on any atom is -0.339 e. The standard InChI is InChI=1S/C14H12N4OS/c1-17-10-6-4-3-5-8(10)9-7-11-15-14(20-2)16-18(11)13(19)12(9)17/h3-6H,7H2,1-2H3. The van der Waals surface area contributed by atoms with Gasteiger partial charge in [-0.1, -0.05) is 30.0 Å². The molecular formula is C14H12N4OS. The Balaban J connectivity index is 2.02. The van der Waals surface area contributed by atoms with Crippen LogP contribution in [0.3, 0.4) is 0 Å². The van der Waals surface area contributed by atoms with Gasteiger partial charge in [-0.05, 0) is 17.9 Å². The summed E-state index contributed by atoms with van der Waals surface area (Å²) >= 11 is 1.45. The maximum Gasteiger partial charge on any atom is 0.296 e. The number of rotatable bonds is 1. The molecule has 0 spiro atoms. The molecule has 0 fully saturated rings. The molecule has 1 aliphatic heterocycles. The number of benzene rings is 1. The van der Waals surface area contributed by atoms with E-state index in [0.717, 1.165) is 28.0 Å². The third kappa shape index (κ3) is 1.37. The van der Waals surface area contributed by atoms with Crippen LogP contribution in [0.25, 0.3) is 10.9 Å². The van der Waals surface area contributed by atoms with Crippen LogP contribution >= 0.6 is 11.8 Å². The highest BCUT2D eigenvalue weighted by Crippen LogP contribution is 2.31. The molecule has 100 valence electrons. The molecule has 0 bridgehead atoms. The summed E-state index contributed by atoms with van der Waals surface area (Å²) in [5, 5.41) is 6.03. The minimum atomic E-state index is -0.0900. The van der Waals surface area contributed by atoms with Crippen molar-refractivity contribution in [1.82, 2.24) is 19.3 Å². The number of carbonyl (C=O) groups excluding carboxylic acids is 1. The molecule has 1 aromatic carbocycles. The lowest BCUT2D eigenvalue weighted by Crippen LogP contribution is -2.25. The van der Waals surface area contributed by atoms with Gasteiger partial charge in [0.15, 0.2) is 0 Å². The summed E-state index contributed by atoms with van der Waals surface area (Å²) in [5.74, 6) is 0.635. The minimum absolute atomic E-state index is 0.0900. The van der Waals surface area contributed by atoms with Crippen LogP contribution in [0.15, 0.2) is 29.4 Å². The third-order valence-corrected chi connectivity index (χ3v) is 4.32. The second kappa shape index (κ2) is 3.96. The first-order valence-electron chi connectivity index (χ1n) is 6.31. The zero-order valence-corrected chi connectivity index (χ0v) is 11.9. The van der Waals surface area contributed by atoms with Crippen molar-refractivity contribution in [2.75, 3.05) is 6.26 Å². The topological polar surface area (TPSA) is 52.7 Å². The van der Waals surface area contributed by atoms with Gasteiger partial charge in [-0.3, -0.25) is 4.79 Å². The first kappa shape index (κ1) is 11.7. The number of hydrogen-bond acceptors (Lipinski definition) is 4. The number of aryl methyl sites for hydroxylation is 1. The van der Waals surface area contributed by atoms with Crippen LogP contribution in [0.2, 0.25) is 0 Å². The molecule has 0 atom stereocenters. The first-order valence-corrected chi connectivity index (χ1v) is 7.54. The van der Waals surface area contributed by atoms with E-state index in [9.17, 15) is 4.79 Å². The SMILES string of the molecule is CSc1nc2n(n1)C(=O)c1c(c3ccccc3n1C)C2. The van der Waals surface area contributed by atoms with E-state index < -0.39 is 0 Å². The van der Waals surface area contributed by atoms with E-state index in [2.05, 4.69) is 16.1 Å².